The first-order chi connectivity index (χ1) is 35.5. The molecule has 2 saturated heterocycles. The van der Waals surface area contributed by atoms with Gasteiger partial charge in [-0.2, -0.15) is 0 Å². The van der Waals surface area contributed by atoms with Crippen molar-refractivity contribution in [3.63, 3.8) is 0 Å². The first-order valence-electron chi connectivity index (χ1n) is 27.4. The third-order valence-electron chi connectivity index (χ3n) is 17.5. The highest BCUT2D eigenvalue weighted by molar-refractivity contribution is 6.74. The van der Waals surface area contributed by atoms with E-state index in [1.54, 1.807) is 78.8 Å². The summed E-state index contributed by atoms with van der Waals surface area (Å²) in [6.45, 7) is 29.9. The summed E-state index contributed by atoms with van der Waals surface area (Å²) < 4.78 is 66.0. The quantitative estimate of drug-likeness (QED) is 0.0555. The average molecular weight is 1100 g/mol. The molecule has 0 unspecified atom stereocenters. The van der Waals surface area contributed by atoms with E-state index in [0.717, 1.165) is 0 Å². The van der Waals surface area contributed by atoms with Gasteiger partial charge in [-0.25, -0.2) is 19.2 Å². The molecule has 0 radical (unpaired) electrons. The number of fused-ring (bicyclic) bond motifs is 4. The van der Waals surface area contributed by atoms with Crippen LogP contribution in [0.2, 0.25) is 36.3 Å². The molecule has 2 aliphatic heterocycles. The van der Waals surface area contributed by atoms with Gasteiger partial charge in [-0.05, 0) is 107 Å². The highest BCUT2D eigenvalue weighted by Gasteiger charge is 2.83. The van der Waals surface area contributed by atoms with E-state index in [-0.39, 0.29) is 42.1 Å². The highest BCUT2D eigenvalue weighted by Crippen LogP contribution is 2.67. The molecular formula is C56H85NO17Si2. The first-order valence-corrected chi connectivity index (χ1v) is 32.5. The van der Waals surface area contributed by atoms with Gasteiger partial charge in [-0.1, -0.05) is 87.4 Å². The number of ether oxygens (including phenoxy) is 8. The van der Waals surface area contributed by atoms with Gasteiger partial charge in [0.15, 0.2) is 58.5 Å². The maximum Gasteiger partial charge on any atom is 0.509 e. The number of rotatable bonds is 20. The summed E-state index contributed by atoms with van der Waals surface area (Å²) in [7, 11) is -5.47. The van der Waals surface area contributed by atoms with E-state index in [9.17, 15) is 19.2 Å². The van der Waals surface area contributed by atoms with Crippen LogP contribution in [0.5, 0.6) is 0 Å². The Morgan fingerprint density at radius 1 is 0.829 bits per heavy atom. The molecule has 2 heterocycles. The smallest absolute Gasteiger partial charge is 0.454 e. The minimum atomic E-state index is -2.76. The number of hydrogen-bond donors (Lipinski definition) is 1. The number of nitrogens with one attached hydrogen (secondary N) is 1. The van der Waals surface area contributed by atoms with Gasteiger partial charge in [-0.3, -0.25) is 14.4 Å². The van der Waals surface area contributed by atoms with Crippen molar-refractivity contribution in [2.45, 2.75) is 232 Å². The Hall–Kier alpha value is -4.64. The van der Waals surface area contributed by atoms with E-state index in [1.165, 1.54) is 13.8 Å². The van der Waals surface area contributed by atoms with E-state index in [2.05, 4.69) is 5.32 Å². The Balaban J connectivity index is 1.72. The van der Waals surface area contributed by atoms with E-state index >= 15 is 14.4 Å². The van der Waals surface area contributed by atoms with Crippen LogP contribution in [0, 0.1) is 22.7 Å². The van der Waals surface area contributed by atoms with Crippen molar-refractivity contribution in [3.05, 3.63) is 47.0 Å². The second-order valence-electron chi connectivity index (χ2n) is 23.7. The SMILES string of the molecule is CC[Si](CC)(CC)O[C@H]1C[C@H]2OC[C@@]2(OC(C)=O)[C@H]2[C@H](OC(=O)c3ccccc3)[C@]34OC(=O)O[C@H]3[C@H](OC(=O)[C@H](O[Si](CC)(CC)CC)[C@H](CC(C)C)NC(=O)OC(C)(C)C)C(C)=C([C@@H](O[11C](C)=O)C(=O)[C@]12C)C4(C)C. The summed E-state index contributed by atoms with van der Waals surface area (Å²) in [5.74, 6) is -5.65. The lowest BCUT2D eigenvalue weighted by Gasteiger charge is -2.68. The van der Waals surface area contributed by atoms with Crippen LogP contribution < -0.4 is 5.32 Å². The molecule has 12 atom stereocenters. The minimum Gasteiger partial charge on any atom is -0.454 e. The molecule has 0 aromatic heterocycles. The van der Waals surface area contributed by atoms with Crippen molar-refractivity contribution >= 4 is 58.5 Å². The first kappa shape index (κ1) is 60.6. The molecule has 424 valence electrons. The summed E-state index contributed by atoms with van der Waals surface area (Å²) in [4.78, 5) is 103. The van der Waals surface area contributed by atoms with E-state index in [4.69, 9.17) is 46.7 Å². The number of Topliss-reactive ketones (excluding diaryl/α,β-unsaturated/α-hetero) is 1. The van der Waals surface area contributed by atoms with Crippen LogP contribution in [-0.2, 0) is 65.9 Å². The summed E-state index contributed by atoms with van der Waals surface area (Å²) in [5, 5.41) is 2.93. The van der Waals surface area contributed by atoms with Crippen LogP contribution in [0.4, 0.5) is 9.59 Å². The number of amides is 1. The minimum absolute atomic E-state index is 0.0512. The molecule has 2 saturated carbocycles. The van der Waals surface area contributed by atoms with Crippen LogP contribution in [-0.4, -0.2) is 131 Å². The zero-order valence-electron chi connectivity index (χ0n) is 48.0. The lowest BCUT2D eigenvalue weighted by molar-refractivity contribution is -0.344. The molecule has 1 amide bonds. The summed E-state index contributed by atoms with van der Waals surface area (Å²) in [5.41, 5.74) is -8.17. The van der Waals surface area contributed by atoms with Crippen molar-refractivity contribution in [1.29, 1.82) is 0 Å². The Morgan fingerprint density at radius 3 is 1.92 bits per heavy atom. The van der Waals surface area contributed by atoms with Crippen LogP contribution >= 0.6 is 0 Å². The van der Waals surface area contributed by atoms with Crippen molar-refractivity contribution in [2.24, 2.45) is 22.7 Å². The van der Waals surface area contributed by atoms with Gasteiger partial charge in [0, 0.05) is 25.7 Å². The van der Waals surface area contributed by atoms with E-state index in [0.29, 0.717) is 36.3 Å². The van der Waals surface area contributed by atoms with Crippen LogP contribution in [0.15, 0.2) is 41.5 Å². The van der Waals surface area contributed by atoms with E-state index < -0.39 is 141 Å². The topological polar surface area (TPSA) is 224 Å². The second-order valence-corrected chi connectivity index (χ2v) is 33.1. The van der Waals surface area contributed by atoms with Crippen molar-refractivity contribution in [1.82, 2.24) is 5.32 Å². The molecule has 3 aliphatic carbocycles. The maximum absolute atomic E-state index is 16.7. The largest absolute Gasteiger partial charge is 0.509 e. The number of hydrogen-bond acceptors (Lipinski definition) is 17. The number of ketones is 1. The predicted octanol–water partition coefficient (Wildman–Crippen LogP) is 9.72. The standard InChI is InChI=1S/C56H85NO17Si2/c1-18-75(19-2,20-3)73-38-30-39-55(31-65-39,70-35(11)59)44-47(68-48(61)36-27-25-24-26-28-36)56-46(69-51(64)72-56)41(33(9)40(53(56,15)16)43(66-34(10)58)45(60)54(38,44)17)67-49(62)42(74-76(21-4,22-5)23-6)37(29-32(7)8)57-50(63)71-52(12,13)14/h24-28,32,37-39,41-44,46-47H,18-23,29-31H2,1-17H3,(H,57,63)/t37-,38-,39+,41+,42+,43+,44-,46-,47-,54+,55-,56+/m0/s1/i34-1. The Bertz CT molecular complexity index is 2380. The highest BCUT2D eigenvalue weighted by atomic mass is 28.4. The van der Waals surface area contributed by atoms with Crippen LogP contribution in [0.1, 0.15) is 141 Å². The molecule has 18 nitrogen and oxygen atoms in total. The summed E-state index contributed by atoms with van der Waals surface area (Å²) in [6, 6.07) is 11.0. The van der Waals surface area contributed by atoms with Gasteiger partial charge in [0.2, 0.25) is 5.60 Å². The number of benzene rings is 1. The molecule has 76 heavy (non-hydrogen) atoms. The monoisotopic (exact) mass is 1100 g/mol. The Kier molecular flexibility index (Phi) is 18.0. The third-order valence-corrected chi connectivity index (χ3v) is 26.8. The lowest BCUT2D eigenvalue weighted by Crippen LogP contribution is -2.83. The normalized spacial score (nSPS) is 30.6. The average Bonchev–Trinajstić information content (AvgIpc) is 3.71. The fourth-order valence-electron chi connectivity index (χ4n) is 13.2. The lowest BCUT2D eigenvalue weighted by atomic mass is 9.44. The second kappa shape index (κ2) is 22.6. The fourth-order valence-corrected chi connectivity index (χ4v) is 19.0. The fraction of sp³-hybridized carbons (Fsp3) is 0.732. The summed E-state index contributed by atoms with van der Waals surface area (Å²) in [6.07, 6.45) is -12.0. The molecule has 1 aromatic carbocycles. The van der Waals surface area contributed by atoms with Crippen LogP contribution in [0.25, 0.3) is 0 Å². The zero-order valence-corrected chi connectivity index (χ0v) is 50.0. The maximum atomic E-state index is 16.7. The molecular weight excluding hydrogens is 1010 g/mol. The van der Waals surface area contributed by atoms with E-state index in [1.807, 2.05) is 55.4 Å². The van der Waals surface area contributed by atoms with Gasteiger partial charge in [0.1, 0.15) is 11.7 Å². The Morgan fingerprint density at radius 2 is 1.42 bits per heavy atom. The van der Waals surface area contributed by atoms with Gasteiger partial charge < -0.3 is 52.1 Å². The number of esters is 4. The number of alkyl carbamates (subject to hydrolysis) is 1. The number of carbonyl (C=O) groups excluding carboxylic acids is 7. The van der Waals surface area contributed by atoms with Gasteiger partial charge in [-0.15, -0.1) is 0 Å². The van der Waals surface area contributed by atoms with Crippen molar-refractivity contribution < 1.29 is 80.3 Å². The Labute approximate surface area is 451 Å². The van der Waals surface area contributed by atoms with Crippen molar-refractivity contribution in [3.8, 4) is 0 Å². The number of carbonyl (C=O) groups is 7. The molecule has 4 fully saturated rings. The third kappa shape index (κ3) is 10.8. The van der Waals surface area contributed by atoms with Gasteiger partial charge in [0.25, 0.3) is 0 Å². The molecule has 5 aliphatic rings. The van der Waals surface area contributed by atoms with Crippen molar-refractivity contribution in [2.75, 3.05) is 6.61 Å². The molecule has 20 heteroatoms. The zero-order chi connectivity index (χ0) is 56.7. The molecule has 1 spiro atoms. The predicted molar refractivity (Wildman–Crippen MR) is 284 cm³/mol. The van der Waals surface area contributed by atoms with Gasteiger partial charge >= 0.3 is 36.1 Å². The molecule has 1 N–H and O–H groups in total. The summed E-state index contributed by atoms with van der Waals surface area (Å²) >= 11 is 0. The van der Waals surface area contributed by atoms with Crippen LogP contribution in [0.3, 0.4) is 0 Å². The molecule has 1 aromatic rings. The van der Waals surface area contributed by atoms with Gasteiger partial charge in [0.05, 0.1) is 35.6 Å². The molecule has 6 rings (SSSR count). The molecule has 2 bridgehead atoms.